The zero-order valence-electron chi connectivity index (χ0n) is 15.0. The molecule has 0 fully saturated rings. The molecule has 1 N–H and O–H groups in total. The first kappa shape index (κ1) is 21.3. The number of nitrogens with zero attached hydrogens (tertiary/aromatic N) is 2. The first-order valence-electron chi connectivity index (χ1n) is 8.51. The standard InChI is InChI=1S/C20H16ClF3N2O2S/c21-16-6-2-4-14(8-16)10-26(11-18-25-17(12-29-18)19(27)28)9-13-3-1-5-15(7-13)20(22,23)24/h1-8,12H,9-11H2,(H,27,28). The summed E-state index contributed by atoms with van der Waals surface area (Å²) in [5, 5.41) is 11.6. The van der Waals surface area contributed by atoms with Crippen molar-refractivity contribution in [3.63, 3.8) is 0 Å². The highest BCUT2D eigenvalue weighted by Gasteiger charge is 2.30. The Kier molecular flexibility index (Phi) is 6.56. The predicted octanol–water partition coefficient (Wildman–Crippen LogP) is 5.72. The molecule has 0 spiro atoms. The number of carboxylic acid groups (broad SMARTS) is 1. The van der Waals surface area contributed by atoms with Gasteiger partial charge in [-0.3, -0.25) is 4.90 Å². The van der Waals surface area contributed by atoms with Gasteiger partial charge < -0.3 is 5.11 Å². The first-order valence-corrected chi connectivity index (χ1v) is 9.77. The molecule has 1 aromatic heterocycles. The highest BCUT2D eigenvalue weighted by molar-refractivity contribution is 7.09. The normalized spacial score (nSPS) is 11.8. The predicted molar refractivity (Wildman–Crippen MR) is 105 cm³/mol. The minimum absolute atomic E-state index is 0.0493. The van der Waals surface area contributed by atoms with Crippen LogP contribution in [0.15, 0.2) is 53.9 Å². The van der Waals surface area contributed by atoms with Crippen molar-refractivity contribution in [2.24, 2.45) is 0 Å². The van der Waals surface area contributed by atoms with Gasteiger partial charge in [-0.15, -0.1) is 11.3 Å². The third kappa shape index (κ3) is 6.03. The van der Waals surface area contributed by atoms with Gasteiger partial charge in [-0.2, -0.15) is 13.2 Å². The summed E-state index contributed by atoms with van der Waals surface area (Å²) in [6.07, 6.45) is -4.42. The zero-order valence-corrected chi connectivity index (χ0v) is 16.6. The number of thiazole rings is 1. The number of halogens is 4. The molecule has 9 heteroatoms. The summed E-state index contributed by atoms with van der Waals surface area (Å²) in [6.45, 7) is 0.942. The summed E-state index contributed by atoms with van der Waals surface area (Å²) in [5.74, 6) is -1.12. The second kappa shape index (κ2) is 8.94. The third-order valence-electron chi connectivity index (χ3n) is 4.09. The molecule has 4 nitrogen and oxygen atoms in total. The molecule has 0 unspecified atom stereocenters. The van der Waals surface area contributed by atoms with Crippen LogP contribution in [0, 0.1) is 0 Å². The summed E-state index contributed by atoms with van der Waals surface area (Å²) in [6, 6.07) is 12.3. The van der Waals surface area contributed by atoms with Crippen molar-refractivity contribution in [2.75, 3.05) is 0 Å². The fraction of sp³-hybridized carbons (Fsp3) is 0.200. The smallest absolute Gasteiger partial charge is 0.416 e. The van der Waals surface area contributed by atoms with Crippen LogP contribution in [0.1, 0.15) is 32.2 Å². The topological polar surface area (TPSA) is 53.4 Å². The van der Waals surface area contributed by atoms with Crippen LogP contribution in [0.25, 0.3) is 0 Å². The second-order valence-corrected chi connectivity index (χ2v) is 7.78. The van der Waals surface area contributed by atoms with E-state index in [0.29, 0.717) is 28.7 Å². The first-order chi connectivity index (χ1) is 13.7. The van der Waals surface area contributed by atoms with Gasteiger partial charge in [0.25, 0.3) is 0 Å². The van der Waals surface area contributed by atoms with E-state index in [-0.39, 0.29) is 12.2 Å². The van der Waals surface area contributed by atoms with Crippen molar-refractivity contribution in [2.45, 2.75) is 25.8 Å². The van der Waals surface area contributed by atoms with Crippen LogP contribution in [0.3, 0.4) is 0 Å². The minimum atomic E-state index is -4.42. The number of carbonyl (C=O) groups is 1. The highest BCUT2D eigenvalue weighted by atomic mass is 35.5. The van der Waals surface area contributed by atoms with E-state index < -0.39 is 17.7 Å². The highest BCUT2D eigenvalue weighted by Crippen LogP contribution is 2.30. The van der Waals surface area contributed by atoms with E-state index in [1.807, 2.05) is 11.0 Å². The molecule has 0 saturated heterocycles. The van der Waals surface area contributed by atoms with Crippen molar-refractivity contribution in [1.82, 2.24) is 9.88 Å². The van der Waals surface area contributed by atoms with Gasteiger partial charge in [-0.05, 0) is 29.3 Å². The number of benzene rings is 2. The molecule has 0 aliphatic rings. The molecule has 0 bridgehead atoms. The molecule has 0 atom stereocenters. The molecule has 2 aromatic carbocycles. The van der Waals surface area contributed by atoms with E-state index in [1.165, 1.54) is 22.8 Å². The average molecular weight is 441 g/mol. The fourth-order valence-corrected chi connectivity index (χ4v) is 3.86. The summed E-state index contributed by atoms with van der Waals surface area (Å²) < 4.78 is 39.1. The Morgan fingerprint density at radius 3 is 2.31 bits per heavy atom. The third-order valence-corrected chi connectivity index (χ3v) is 5.15. The maximum atomic E-state index is 13.0. The van der Waals surface area contributed by atoms with Crippen molar-refractivity contribution in [3.05, 3.63) is 86.3 Å². The molecular formula is C20H16ClF3N2O2S. The van der Waals surface area contributed by atoms with Gasteiger partial charge in [0, 0.05) is 23.5 Å². The lowest BCUT2D eigenvalue weighted by molar-refractivity contribution is -0.137. The number of hydrogen-bond acceptors (Lipinski definition) is 4. The van der Waals surface area contributed by atoms with E-state index in [1.54, 1.807) is 24.3 Å². The maximum Gasteiger partial charge on any atom is 0.416 e. The van der Waals surface area contributed by atoms with Crippen LogP contribution in [-0.4, -0.2) is 21.0 Å². The Balaban J connectivity index is 1.84. The van der Waals surface area contributed by atoms with Crippen LogP contribution >= 0.6 is 22.9 Å². The lowest BCUT2D eigenvalue weighted by Crippen LogP contribution is -2.22. The van der Waals surface area contributed by atoms with Crippen LogP contribution < -0.4 is 0 Å². The largest absolute Gasteiger partial charge is 0.476 e. The number of alkyl halides is 3. The second-order valence-electron chi connectivity index (χ2n) is 6.40. The van der Waals surface area contributed by atoms with Crippen LogP contribution in [0.4, 0.5) is 13.2 Å². The van der Waals surface area contributed by atoms with Gasteiger partial charge in [0.2, 0.25) is 0 Å². The number of hydrogen-bond donors (Lipinski definition) is 1. The van der Waals surface area contributed by atoms with E-state index >= 15 is 0 Å². The molecule has 0 saturated carbocycles. The van der Waals surface area contributed by atoms with E-state index in [4.69, 9.17) is 16.7 Å². The van der Waals surface area contributed by atoms with Gasteiger partial charge in [-0.1, -0.05) is 41.9 Å². The zero-order chi connectivity index (χ0) is 21.0. The summed E-state index contributed by atoms with van der Waals surface area (Å²) in [4.78, 5) is 17.0. The molecule has 152 valence electrons. The van der Waals surface area contributed by atoms with Gasteiger partial charge in [-0.25, -0.2) is 9.78 Å². The molecule has 3 rings (SSSR count). The maximum absolute atomic E-state index is 13.0. The Labute approximate surface area is 174 Å². The van der Waals surface area contributed by atoms with Crippen LogP contribution in [-0.2, 0) is 25.8 Å². The molecule has 0 aliphatic carbocycles. The number of aromatic carboxylic acids is 1. The van der Waals surface area contributed by atoms with Crippen molar-refractivity contribution < 1.29 is 23.1 Å². The molecule has 0 radical (unpaired) electrons. The van der Waals surface area contributed by atoms with E-state index in [2.05, 4.69) is 4.98 Å². The molecule has 0 amide bonds. The van der Waals surface area contributed by atoms with E-state index in [9.17, 15) is 18.0 Å². The quantitative estimate of drug-likeness (QED) is 0.511. The van der Waals surface area contributed by atoms with Crippen molar-refractivity contribution in [3.8, 4) is 0 Å². The minimum Gasteiger partial charge on any atom is -0.476 e. The van der Waals surface area contributed by atoms with Crippen LogP contribution in [0.2, 0.25) is 5.02 Å². The molecule has 0 aliphatic heterocycles. The fourth-order valence-electron chi connectivity index (χ4n) is 2.84. The summed E-state index contributed by atoms with van der Waals surface area (Å²) in [7, 11) is 0. The van der Waals surface area contributed by atoms with Gasteiger partial charge in [0.15, 0.2) is 5.69 Å². The Morgan fingerprint density at radius 2 is 1.72 bits per heavy atom. The number of aromatic nitrogens is 1. The SMILES string of the molecule is O=C(O)c1csc(CN(Cc2cccc(Cl)c2)Cc2cccc(C(F)(F)F)c2)n1. The summed E-state index contributed by atoms with van der Waals surface area (Å²) >= 11 is 7.24. The van der Waals surface area contributed by atoms with Crippen molar-refractivity contribution in [1.29, 1.82) is 0 Å². The van der Waals surface area contributed by atoms with Gasteiger partial charge in [0.05, 0.1) is 12.1 Å². The molecule has 3 aromatic rings. The number of carboxylic acids is 1. The Morgan fingerprint density at radius 1 is 1.07 bits per heavy atom. The summed E-state index contributed by atoms with van der Waals surface area (Å²) in [5.41, 5.74) is 0.628. The lowest BCUT2D eigenvalue weighted by Gasteiger charge is -2.22. The van der Waals surface area contributed by atoms with Crippen molar-refractivity contribution >= 4 is 28.9 Å². The molecule has 29 heavy (non-hydrogen) atoms. The Hall–Kier alpha value is -2.42. The monoisotopic (exact) mass is 440 g/mol. The van der Waals surface area contributed by atoms with Gasteiger partial charge in [0.1, 0.15) is 5.01 Å². The lowest BCUT2D eigenvalue weighted by atomic mass is 10.1. The van der Waals surface area contributed by atoms with Crippen LogP contribution in [0.5, 0.6) is 0 Å². The van der Waals surface area contributed by atoms with E-state index in [0.717, 1.165) is 17.7 Å². The Bertz CT molecular complexity index is 1010. The van der Waals surface area contributed by atoms with Gasteiger partial charge >= 0.3 is 12.1 Å². The molecule has 1 heterocycles. The average Bonchev–Trinajstić information content (AvgIpc) is 3.10. The number of rotatable bonds is 7. The molecular weight excluding hydrogens is 425 g/mol.